The predicted octanol–water partition coefficient (Wildman–Crippen LogP) is 1.61. The van der Waals surface area contributed by atoms with E-state index in [0.29, 0.717) is 0 Å². The SMILES string of the molecule is CC(CO)Nc1ccc(N)c2ccncc12. The highest BCUT2D eigenvalue weighted by Crippen LogP contribution is 2.27. The summed E-state index contributed by atoms with van der Waals surface area (Å²) in [7, 11) is 0. The second-order valence-corrected chi connectivity index (χ2v) is 3.85. The number of nitrogens with one attached hydrogen (secondary N) is 1. The van der Waals surface area contributed by atoms with Crippen molar-refractivity contribution >= 4 is 22.1 Å². The van der Waals surface area contributed by atoms with Gasteiger partial charge in [0.05, 0.1) is 6.61 Å². The van der Waals surface area contributed by atoms with E-state index in [1.807, 2.05) is 25.1 Å². The third kappa shape index (κ3) is 1.92. The third-order valence-electron chi connectivity index (χ3n) is 2.53. The number of nitrogen functional groups attached to an aromatic ring is 1. The largest absolute Gasteiger partial charge is 0.398 e. The van der Waals surface area contributed by atoms with Gasteiger partial charge in [0.2, 0.25) is 0 Å². The van der Waals surface area contributed by atoms with Gasteiger partial charge in [-0.3, -0.25) is 4.98 Å². The molecule has 1 aromatic carbocycles. The molecule has 1 unspecified atom stereocenters. The molecule has 0 spiro atoms. The molecule has 0 radical (unpaired) electrons. The van der Waals surface area contributed by atoms with Crippen LogP contribution in [-0.4, -0.2) is 22.7 Å². The zero-order valence-electron chi connectivity index (χ0n) is 9.14. The van der Waals surface area contributed by atoms with Gasteiger partial charge in [0.25, 0.3) is 0 Å². The van der Waals surface area contributed by atoms with Crippen molar-refractivity contribution in [2.45, 2.75) is 13.0 Å². The van der Waals surface area contributed by atoms with Gasteiger partial charge in [-0.1, -0.05) is 0 Å². The van der Waals surface area contributed by atoms with E-state index in [1.54, 1.807) is 12.4 Å². The topological polar surface area (TPSA) is 71.2 Å². The standard InChI is InChI=1S/C12H15N3O/c1-8(7-16)15-12-3-2-11(13)9-4-5-14-6-10(9)12/h2-6,8,15-16H,7,13H2,1H3. The summed E-state index contributed by atoms with van der Waals surface area (Å²) in [4.78, 5) is 4.09. The number of anilines is 2. The van der Waals surface area contributed by atoms with E-state index < -0.39 is 0 Å². The molecular weight excluding hydrogens is 202 g/mol. The molecule has 0 saturated heterocycles. The van der Waals surface area contributed by atoms with Crippen molar-refractivity contribution in [1.29, 1.82) is 0 Å². The molecule has 2 aromatic rings. The number of nitrogens with two attached hydrogens (primary N) is 1. The highest BCUT2D eigenvalue weighted by molar-refractivity contribution is 6.00. The Morgan fingerprint density at radius 3 is 2.94 bits per heavy atom. The Hall–Kier alpha value is -1.81. The van der Waals surface area contributed by atoms with Gasteiger partial charge in [-0.15, -0.1) is 0 Å². The molecule has 0 bridgehead atoms. The van der Waals surface area contributed by atoms with Crippen molar-refractivity contribution in [3.63, 3.8) is 0 Å². The summed E-state index contributed by atoms with van der Waals surface area (Å²) >= 11 is 0. The van der Waals surface area contributed by atoms with Crippen LogP contribution in [0.25, 0.3) is 10.8 Å². The number of fused-ring (bicyclic) bond motifs is 1. The lowest BCUT2D eigenvalue weighted by Crippen LogP contribution is -2.19. The molecule has 4 heteroatoms. The minimum Gasteiger partial charge on any atom is -0.398 e. The first-order chi connectivity index (χ1) is 7.72. The molecule has 0 aliphatic heterocycles. The average molecular weight is 217 g/mol. The normalized spacial score (nSPS) is 12.6. The number of nitrogens with zero attached hydrogens (tertiary/aromatic N) is 1. The minimum absolute atomic E-state index is 0.00651. The first-order valence-corrected chi connectivity index (χ1v) is 5.22. The van der Waals surface area contributed by atoms with E-state index in [-0.39, 0.29) is 12.6 Å². The van der Waals surface area contributed by atoms with Crippen molar-refractivity contribution in [3.05, 3.63) is 30.6 Å². The lowest BCUT2D eigenvalue weighted by Gasteiger charge is -2.15. The molecule has 16 heavy (non-hydrogen) atoms. The Bertz CT molecular complexity index is 499. The van der Waals surface area contributed by atoms with Gasteiger partial charge in [0, 0.05) is 40.6 Å². The monoisotopic (exact) mass is 217 g/mol. The zero-order valence-corrected chi connectivity index (χ0v) is 9.14. The zero-order chi connectivity index (χ0) is 11.5. The number of rotatable bonds is 3. The highest BCUT2D eigenvalue weighted by Gasteiger charge is 2.06. The summed E-state index contributed by atoms with van der Waals surface area (Å²) in [6, 6.07) is 5.66. The van der Waals surface area contributed by atoms with Crippen LogP contribution >= 0.6 is 0 Å². The first-order valence-electron chi connectivity index (χ1n) is 5.22. The van der Waals surface area contributed by atoms with E-state index in [0.717, 1.165) is 22.1 Å². The fourth-order valence-electron chi connectivity index (χ4n) is 1.65. The van der Waals surface area contributed by atoms with Crippen LogP contribution < -0.4 is 11.1 Å². The summed E-state index contributed by atoms with van der Waals surface area (Å²) < 4.78 is 0. The van der Waals surface area contributed by atoms with Crippen molar-refractivity contribution in [2.75, 3.05) is 17.7 Å². The van der Waals surface area contributed by atoms with Gasteiger partial charge in [0.15, 0.2) is 0 Å². The van der Waals surface area contributed by atoms with E-state index >= 15 is 0 Å². The maximum atomic E-state index is 9.02. The summed E-state index contributed by atoms with van der Waals surface area (Å²) in [5, 5.41) is 14.2. The van der Waals surface area contributed by atoms with Crippen LogP contribution in [0.5, 0.6) is 0 Å². The van der Waals surface area contributed by atoms with Gasteiger partial charge in [-0.25, -0.2) is 0 Å². The number of aliphatic hydroxyl groups is 1. The highest BCUT2D eigenvalue weighted by atomic mass is 16.3. The Kier molecular flexibility index (Phi) is 2.92. The number of aliphatic hydroxyl groups excluding tert-OH is 1. The van der Waals surface area contributed by atoms with Crippen LogP contribution in [0.1, 0.15) is 6.92 Å². The van der Waals surface area contributed by atoms with Crippen LogP contribution in [0.3, 0.4) is 0 Å². The van der Waals surface area contributed by atoms with E-state index in [1.165, 1.54) is 0 Å². The maximum Gasteiger partial charge on any atom is 0.0630 e. The second kappa shape index (κ2) is 4.37. The fourth-order valence-corrected chi connectivity index (χ4v) is 1.65. The Morgan fingerprint density at radius 2 is 2.19 bits per heavy atom. The third-order valence-corrected chi connectivity index (χ3v) is 2.53. The molecule has 84 valence electrons. The molecule has 0 aliphatic rings. The molecular formula is C12H15N3O. The summed E-state index contributed by atoms with van der Waals surface area (Å²) in [6.45, 7) is 2.00. The van der Waals surface area contributed by atoms with Crippen LogP contribution in [0.2, 0.25) is 0 Å². The van der Waals surface area contributed by atoms with Crippen LogP contribution in [0.4, 0.5) is 11.4 Å². The Labute approximate surface area is 94.1 Å². The molecule has 1 atom stereocenters. The van der Waals surface area contributed by atoms with Crippen LogP contribution in [-0.2, 0) is 0 Å². The fraction of sp³-hybridized carbons (Fsp3) is 0.250. The van der Waals surface area contributed by atoms with Crippen molar-refractivity contribution in [2.24, 2.45) is 0 Å². The lowest BCUT2D eigenvalue weighted by molar-refractivity contribution is 0.281. The number of aromatic nitrogens is 1. The van der Waals surface area contributed by atoms with Gasteiger partial charge in [-0.2, -0.15) is 0 Å². The Balaban J connectivity index is 2.50. The van der Waals surface area contributed by atoms with E-state index in [9.17, 15) is 0 Å². The molecule has 1 heterocycles. The van der Waals surface area contributed by atoms with Crippen LogP contribution in [0.15, 0.2) is 30.6 Å². The molecule has 2 rings (SSSR count). The quantitative estimate of drug-likeness (QED) is 0.683. The summed E-state index contributed by atoms with van der Waals surface area (Å²) in [6.07, 6.45) is 3.50. The van der Waals surface area contributed by atoms with Crippen LogP contribution in [0, 0.1) is 0 Å². The van der Waals surface area contributed by atoms with Gasteiger partial charge >= 0.3 is 0 Å². The molecule has 0 saturated carbocycles. The van der Waals surface area contributed by atoms with Crippen molar-refractivity contribution < 1.29 is 5.11 Å². The summed E-state index contributed by atoms with van der Waals surface area (Å²) in [5.41, 5.74) is 7.56. The number of hydrogen-bond acceptors (Lipinski definition) is 4. The molecule has 0 aliphatic carbocycles. The summed E-state index contributed by atoms with van der Waals surface area (Å²) in [5.74, 6) is 0. The molecule has 4 nitrogen and oxygen atoms in total. The van der Waals surface area contributed by atoms with E-state index in [2.05, 4.69) is 10.3 Å². The Morgan fingerprint density at radius 1 is 1.38 bits per heavy atom. The number of pyridine rings is 1. The van der Waals surface area contributed by atoms with Gasteiger partial charge in [-0.05, 0) is 25.1 Å². The maximum absolute atomic E-state index is 9.02. The molecule has 0 amide bonds. The molecule has 0 fully saturated rings. The predicted molar refractivity (Wildman–Crippen MR) is 66.3 cm³/mol. The number of hydrogen-bond donors (Lipinski definition) is 3. The number of benzene rings is 1. The lowest BCUT2D eigenvalue weighted by atomic mass is 10.1. The molecule has 4 N–H and O–H groups in total. The van der Waals surface area contributed by atoms with Gasteiger partial charge in [0.1, 0.15) is 0 Å². The average Bonchev–Trinajstić information content (AvgIpc) is 2.33. The van der Waals surface area contributed by atoms with E-state index in [4.69, 9.17) is 10.8 Å². The smallest absolute Gasteiger partial charge is 0.0630 e. The first kappa shape index (κ1) is 10.7. The molecule has 1 aromatic heterocycles. The second-order valence-electron chi connectivity index (χ2n) is 3.85. The van der Waals surface area contributed by atoms with Crippen molar-refractivity contribution in [1.82, 2.24) is 4.98 Å². The van der Waals surface area contributed by atoms with Crippen molar-refractivity contribution in [3.8, 4) is 0 Å². The minimum atomic E-state index is 0.00651. The van der Waals surface area contributed by atoms with Gasteiger partial charge < -0.3 is 16.2 Å².